The monoisotopic (exact) mass is 391 g/mol. The first-order valence-electron chi connectivity index (χ1n) is 9.06. The van der Waals surface area contributed by atoms with Gasteiger partial charge in [0.25, 0.3) is 0 Å². The second-order valence-electron chi connectivity index (χ2n) is 7.30. The van der Waals surface area contributed by atoms with Gasteiger partial charge in [-0.05, 0) is 35.1 Å². The van der Waals surface area contributed by atoms with Crippen LogP contribution in [-0.4, -0.2) is 33.3 Å². The van der Waals surface area contributed by atoms with Gasteiger partial charge in [0.1, 0.15) is 0 Å². The first-order valence-corrected chi connectivity index (χ1v) is 10.5. The molecule has 2 atom stereocenters. The van der Waals surface area contributed by atoms with Gasteiger partial charge in [-0.15, -0.1) is 0 Å². The molecule has 0 radical (unpaired) electrons. The van der Waals surface area contributed by atoms with E-state index in [1.54, 1.807) is 36.4 Å². The van der Waals surface area contributed by atoms with Crippen molar-refractivity contribution in [3.63, 3.8) is 0 Å². The predicted molar refractivity (Wildman–Crippen MR) is 107 cm³/mol. The second-order valence-corrected chi connectivity index (χ2v) is 9.01. The van der Waals surface area contributed by atoms with E-state index in [0.29, 0.717) is 5.56 Å². The molecule has 2 unspecified atom stereocenters. The average molecular weight is 392 g/mol. The summed E-state index contributed by atoms with van der Waals surface area (Å²) in [6.07, 6.45) is -0.0597. The Morgan fingerprint density at radius 1 is 1.07 bits per heavy atom. The van der Waals surface area contributed by atoms with E-state index < -0.39 is 22.2 Å². The number of aliphatic hydroxyl groups is 1. The van der Waals surface area contributed by atoms with E-state index in [0.717, 1.165) is 12.0 Å². The van der Waals surface area contributed by atoms with E-state index in [-0.39, 0.29) is 16.9 Å². The number of rotatable bonds is 9. The highest BCUT2D eigenvalue weighted by Gasteiger charge is 2.27. The summed E-state index contributed by atoms with van der Waals surface area (Å²) in [6.45, 7) is 6.40. The Bertz CT molecular complexity index is 817. The molecule has 0 saturated carbocycles. The number of methoxy groups -OCH3 is 1. The second kappa shape index (κ2) is 8.97. The molecule has 0 saturated heterocycles. The third-order valence-corrected chi connectivity index (χ3v) is 6.51. The number of benzene rings is 2. The van der Waals surface area contributed by atoms with Crippen LogP contribution in [0.25, 0.3) is 0 Å². The van der Waals surface area contributed by atoms with Gasteiger partial charge in [0, 0.05) is 7.11 Å². The standard InChI is InChI=1S/C21H29NO4S/c1-5-21(2,3)17-11-13-18(14-12-17)27(24,25)22-19(15-26-4)20(23)16-9-7-6-8-10-16/h6-14,19-20,22-23H,5,15H2,1-4H3. The summed E-state index contributed by atoms with van der Waals surface area (Å²) in [5.74, 6) is 0. The molecule has 0 amide bonds. The van der Waals surface area contributed by atoms with E-state index in [1.807, 2.05) is 18.2 Å². The van der Waals surface area contributed by atoms with Crippen LogP contribution < -0.4 is 4.72 Å². The number of sulfonamides is 1. The number of nitrogens with one attached hydrogen (secondary N) is 1. The summed E-state index contributed by atoms with van der Waals surface area (Å²) in [5, 5.41) is 10.6. The Labute approximate surface area is 162 Å². The zero-order chi connectivity index (χ0) is 20.1. The summed E-state index contributed by atoms with van der Waals surface area (Å²) in [5.41, 5.74) is 1.70. The van der Waals surface area contributed by atoms with Crippen molar-refractivity contribution in [1.29, 1.82) is 0 Å². The lowest BCUT2D eigenvalue weighted by molar-refractivity contribution is 0.0800. The molecule has 5 nitrogen and oxygen atoms in total. The lowest BCUT2D eigenvalue weighted by atomic mass is 9.82. The number of hydrogen-bond acceptors (Lipinski definition) is 4. The Hall–Kier alpha value is -1.73. The Balaban J connectivity index is 2.24. The zero-order valence-corrected chi connectivity index (χ0v) is 17.2. The molecule has 0 aliphatic carbocycles. The van der Waals surface area contributed by atoms with Crippen molar-refractivity contribution in [2.75, 3.05) is 13.7 Å². The molecule has 0 aromatic heterocycles. The summed E-state index contributed by atoms with van der Waals surface area (Å²) >= 11 is 0. The fourth-order valence-electron chi connectivity index (χ4n) is 2.81. The fraction of sp³-hybridized carbons (Fsp3) is 0.429. The zero-order valence-electron chi connectivity index (χ0n) is 16.3. The summed E-state index contributed by atoms with van der Waals surface area (Å²) in [7, 11) is -2.32. The molecule has 148 valence electrons. The number of hydrogen-bond donors (Lipinski definition) is 2. The Morgan fingerprint density at radius 3 is 2.19 bits per heavy atom. The third-order valence-electron chi connectivity index (χ3n) is 5.00. The van der Waals surface area contributed by atoms with Gasteiger partial charge < -0.3 is 9.84 Å². The van der Waals surface area contributed by atoms with Crippen molar-refractivity contribution in [3.05, 3.63) is 65.7 Å². The SMILES string of the molecule is CCC(C)(C)c1ccc(S(=O)(=O)NC(COC)C(O)c2ccccc2)cc1. The molecule has 0 fully saturated rings. The lowest BCUT2D eigenvalue weighted by Gasteiger charge is -2.25. The van der Waals surface area contributed by atoms with Crippen molar-refractivity contribution in [2.24, 2.45) is 0 Å². The van der Waals surface area contributed by atoms with E-state index in [9.17, 15) is 13.5 Å². The van der Waals surface area contributed by atoms with Gasteiger partial charge in [0.05, 0.1) is 23.6 Å². The van der Waals surface area contributed by atoms with Crippen molar-refractivity contribution >= 4 is 10.0 Å². The minimum atomic E-state index is -3.79. The van der Waals surface area contributed by atoms with Crippen LogP contribution >= 0.6 is 0 Å². The van der Waals surface area contributed by atoms with Crippen molar-refractivity contribution in [3.8, 4) is 0 Å². The molecule has 0 bridgehead atoms. The van der Waals surface area contributed by atoms with Gasteiger partial charge >= 0.3 is 0 Å². The van der Waals surface area contributed by atoms with Crippen molar-refractivity contribution in [2.45, 2.75) is 49.6 Å². The molecule has 2 rings (SSSR count). The summed E-state index contributed by atoms with van der Waals surface area (Å²) in [4.78, 5) is 0.166. The number of ether oxygens (including phenoxy) is 1. The molecule has 2 aromatic carbocycles. The molecule has 2 aromatic rings. The van der Waals surface area contributed by atoms with E-state index in [1.165, 1.54) is 7.11 Å². The highest BCUT2D eigenvalue weighted by molar-refractivity contribution is 7.89. The molecule has 0 heterocycles. The molecular weight excluding hydrogens is 362 g/mol. The average Bonchev–Trinajstić information content (AvgIpc) is 2.67. The van der Waals surface area contributed by atoms with Crippen LogP contribution in [0.3, 0.4) is 0 Å². The minimum absolute atomic E-state index is 0.0161. The predicted octanol–water partition coefficient (Wildman–Crippen LogP) is 3.40. The largest absolute Gasteiger partial charge is 0.387 e. The summed E-state index contributed by atoms with van der Waals surface area (Å²) < 4.78 is 33.3. The smallest absolute Gasteiger partial charge is 0.240 e. The van der Waals surface area contributed by atoms with Crippen LogP contribution in [0.15, 0.2) is 59.5 Å². The Morgan fingerprint density at radius 2 is 1.67 bits per heavy atom. The fourth-order valence-corrected chi connectivity index (χ4v) is 4.03. The van der Waals surface area contributed by atoms with Gasteiger partial charge in [-0.1, -0.05) is 63.2 Å². The van der Waals surface area contributed by atoms with Crippen LogP contribution in [0.1, 0.15) is 44.4 Å². The molecule has 27 heavy (non-hydrogen) atoms. The first-order chi connectivity index (χ1) is 12.7. The maximum absolute atomic E-state index is 12.8. The van der Waals surface area contributed by atoms with Gasteiger partial charge in [0.15, 0.2) is 0 Å². The van der Waals surface area contributed by atoms with Crippen molar-refractivity contribution in [1.82, 2.24) is 4.72 Å². The van der Waals surface area contributed by atoms with Crippen LogP contribution in [0, 0.1) is 0 Å². The van der Waals surface area contributed by atoms with E-state index >= 15 is 0 Å². The van der Waals surface area contributed by atoms with Gasteiger partial charge in [-0.3, -0.25) is 0 Å². The van der Waals surface area contributed by atoms with Crippen LogP contribution in [0.4, 0.5) is 0 Å². The molecule has 6 heteroatoms. The molecule has 0 aliphatic heterocycles. The topological polar surface area (TPSA) is 75.6 Å². The van der Waals surface area contributed by atoms with Crippen LogP contribution in [0.2, 0.25) is 0 Å². The number of aliphatic hydroxyl groups excluding tert-OH is 1. The van der Waals surface area contributed by atoms with E-state index in [4.69, 9.17) is 4.74 Å². The quantitative estimate of drug-likeness (QED) is 0.687. The maximum atomic E-state index is 12.8. The van der Waals surface area contributed by atoms with Gasteiger partial charge in [0.2, 0.25) is 10.0 Å². The molecule has 0 spiro atoms. The van der Waals surface area contributed by atoms with Gasteiger partial charge in [-0.2, -0.15) is 0 Å². The molecular formula is C21H29NO4S. The highest BCUT2D eigenvalue weighted by atomic mass is 32.2. The molecule has 0 aliphatic rings. The normalized spacial score (nSPS) is 14.7. The lowest BCUT2D eigenvalue weighted by Crippen LogP contribution is -2.42. The van der Waals surface area contributed by atoms with E-state index in [2.05, 4.69) is 25.5 Å². The Kier molecular flexibility index (Phi) is 7.17. The first kappa shape index (κ1) is 21.6. The minimum Gasteiger partial charge on any atom is -0.387 e. The third kappa shape index (κ3) is 5.39. The van der Waals surface area contributed by atoms with Gasteiger partial charge in [-0.25, -0.2) is 13.1 Å². The van der Waals surface area contributed by atoms with Crippen LogP contribution in [0.5, 0.6) is 0 Å². The maximum Gasteiger partial charge on any atom is 0.240 e. The van der Waals surface area contributed by atoms with Crippen LogP contribution in [-0.2, 0) is 20.2 Å². The summed E-state index contributed by atoms with van der Waals surface area (Å²) in [6, 6.07) is 15.0. The highest BCUT2D eigenvalue weighted by Crippen LogP contribution is 2.27. The molecule has 2 N–H and O–H groups in total. The van der Waals surface area contributed by atoms with Crippen molar-refractivity contribution < 1.29 is 18.3 Å².